The van der Waals surface area contributed by atoms with Crippen LogP contribution in [0, 0.1) is 0 Å². The fourth-order valence-electron chi connectivity index (χ4n) is 1.08. The summed E-state index contributed by atoms with van der Waals surface area (Å²) in [5.41, 5.74) is 0. The van der Waals surface area contributed by atoms with Crippen LogP contribution in [0.4, 0.5) is 0 Å². The number of hydrogen-bond acceptors (Lipinski definition) is 3. The minimum absolute atomic E-state index is 0.759. The van der Waals surface area contributed by atoms with Crippen molar-refractivity contribution in [1.29, 1.82) is 0 Å². The monoisotopic (exact) mass is 204 g/mol. The van der Waals surface area contributed by atoms with Gasteiger partial charge in [-0.05, 0) is 26.9 Å². The van der Waals surface area contributed by atoms with Crippen molar-refractivity contribution in [3.05, 3.63) is 0 Å². The summed E-state index contributed by atoms with van der Waals surface area (Å²) in [6.45, 7) is 12.0. The number of rotatable bonds is 8. The zero-order valence-corrected chi connectivity index (χ0v) is 10.3. The van der Waals surface area contributed by atoms with Gasteiger partial charge in [-0.3, -0.25) is 0 Å². The minimum Gasteiger partial charge on any atom is -0.393 e. The van der Waals surface area contributed by atoms with Crippen molar-refractivity contribution in [2.45, 2.75) is 27.7 Å². The third kappa shape index (κ3) is 6.21. The molecule has 4 heteroatoms. The van der Waals surface area contributed by atoms with Gasteiger partial charge in [0.15, 0.2) is 0 Å². The van der Waals surface area contributed by atoms with Crippen LogP contribution in [0.3, 0.4) is 0 Å². The summed E-state index contributed by atoms with van der Waals surface area (Å²) in [4.78, 5) is 2.35. The molecule has 1 radical (unpaired) electrons. The van der Waals surface area contributed by atoms with Crippen molar-refractivity contribution >= 4 is 9.28 Å². The Labute approximate surface area is 83.9 Å². The Bertz CT molecular complexity index is 104. The van der Waals surface area contributed by atoms with Gasteiger partial charge in [0.05, 0.1) is 0 Å². The second kappa shape index (κ2) is 8.68. The van der Waals surface area contributed by atoms with Crippen LogP contribution in [0.15, 0.2) is 0 Å². The Morgan fingerprint density at radius 1 is 0.923 bits per heavy atom. The van der Waals surface area contributed by atoms with E-state index in [0.717, 1.165) is 32.5 Å². The fraction of sp³-hybridized carbons (Fsp3) is 1.00. The zero-order valence-electron chi connectivity index (χ0n) is 9.30. The molecule has 0 amide bonds. The maximum atomic E-state index is 5.55. The molecule has 3 nitrogen and oxygen atoms in total. The highest BCUT2D eigenvalue weighted by molar-refractivity contribution is 6.44. The molecule has 0 unspecified atom stereocenters. The van der Waals surface area contributed by atoms with Crippen molar-refractivity contribution in [3.63, 3.8) is 0 Å². The topological polar surface area (TPSA) is 21.7 Å². The van der Waals surface area contributed by atoms with Gasteiger partial charge in [-0.25, -0.2) is 0 Å². The highest BCUT2D eigenvalue weighted by Gasteiger charge is 2.17. The van der Waals surface area contributed by atoms with Gasteiger partial charge >= 0.3 is 9.28 Å². The third-order valence-corrected chi connectivity index (χ3v) is 3.78. The van der Waals surface area contributed by atoms with Gasteiger partial charge in [-0.15, -0.1) is 0 Å². The van der Waals surface area contributed by atoms with Gasteiger partial charge in [0.1, 0.15) is 0 Å². The molecule has 0 spiro atoms. The molecule has 13 heavy (non-hydrogen) atoms. The van der Waals surface area contributed by atoms with Crippen LogP contribution in [0.25, 0.3) is 0 Å². The first-order chi connectivity index (χ1) is 6.28. The Kier molecular flexibility index (Phi) is 8.75. The predicted molar refractivity (Wildman–Crippen MR) is 56.8 cm³/mol. The van der Waals surface area contributed by atoms with Crippen molar-refractivity contribution < 1.29 is 8.85 Å². The van der Waals surface area contributed by atoms with E-state index in [-0.39, 0.29) is 0 Å². The van der Waals surface area contributed by atoms with Crippen LogP contribution in [-0.4, -0.2) is 46.7 Å². The molecule has 0 atom stereocenters. The lowest BCUT2D eigenvalue weighted by Crippen LogP contribution is -2.39. The Morgan fingerprint density at radius 3 is 1.69 bits per heavy atom. The van der Waals surface area contributed by atoms with E-state index in [1.807, 2.05) is 13.8 Å². The molecule has 0 saturated carbocycles. The first-order valence-electron chi connectivity index (χ1n) is 5.12. The molecule has 0 aliphatic heterocycles. The van der Waals surface area contributed by atoms with Crippen LogP contribution in [0.5, 0.6) is 0 Å². The van der Waals surface area contributed by atoms with Gasteiger partial charge in [0.25, 0.3) is 0 Å². The Hall–Kier alpha value is 0.0969. The maximum Gasteiger partial charge on any atom is 0.400 e. The van der Waals surface area contributed by atoms with Gasteiger partial charge in [-0.1, -0.05) is 13.8 Å². The minimum atomic E-state index is -1.04. The first-order valence-corrected chi connectivity index (χ1v) is 6.64. The lowest BCUT2D eigenvalue weighted by atomic mass is 10.6. The molecule has 0 fully saturated rings. The summed E-state index contributed by atoms with van der Waals surface area (Å²) in [7, 11) is -1.04. The van der Waals surface area contributed by atoms with E-state index in [1.165, 1.54) is 0 Å². The molecule has 79 valence electrons. The fourth-order valence-corrected chi connectivity index (χ4v) is 2.81. The average Bonchev–Trinajstić information content (AvgIpc) is 2.14. The molecular formula is C9H22NO2Si. The third-order valence-electron chi connectivity index (χ3n) is 1.86. The molecule has 0 aromatic carbocycles. The molecule has 0 aliphatic rings. The molecule has 0 aromatic heterocycles. The zero-order chi connectivity index (χ0) is 10.1. The van der Waals surface area contributed by atoms with Gasteiger partial charge in [-0.2, -0.15) is 0 Å². The summed E-state index contributed by atoms with van der Waals surface area (Å²) in [6.07, 6.45) is 0.972. The molecule has 0 N–H and O–H groups in total. The van der Waals surface area contributed by atoms with E-state index in [4.69, 9.17) is 8.85 Å². The lowest BCUT2D eigenvalue weighted by molar-refractivity contribution is 0.191. The van der Waals surface area contributed by atoms with E-state index in [9.17, 15) is 0 Å². The molecular weight excluding hydrogens is 182 g/mol. The van der Waals surface area contributed by atoms with E-state index < -0.39 is 9.28 Å². The van der Waals surface area contributed by atoms with Crippen LogP contribution >= 0.6 is 0 Å². The highest BCUT2D eigenvalue weighted by atomic mass is 28.3. The van der Waals surface area contributed by atoms with Crippen LogP contribution in [0.2, 0.25) is 0 Å². The van der Waals surface area contributed by atoms with Gasteiger partial charge in [0, 0.05) is 19.4 Å². The van der Waals surface area contributed by atoms with Crippen molar-refractivity contribution in [2.24, 2.45) is 0 Å². The summed E-state index contributed by atoms with van der Waals surface area (Å²) in [6, 6.07) is 0. The van der Waals surface area contributed by atoms with E-state index in [1.54, 1.807) is 0 Å². The van der Waals surface area contributed by atoms with Crippen molar-refractivity contribution in [1.82, 2.24) is 4.90 Å². The molecule has 0 rings (SSSR count). The van der Waals surface area contributed by atoms with Gasteiger partial charge in [0.2, 0.25) is 0 Å². The molecule has 0 heterocycles. The quantitative estimate of drug-likeness (QED) is 0.558. The summed E-state index contributed by atoms with van der Waals surface area (Å²) < 4.78 is 11.1. The molecule has 0 bridgehead atoms. The number of hydrogen-bond donors (Lipinski definition) is 0. The largest absolute Gasteiger partial charge is 0.400 e. The maximum absolute atomic E-state index is 5.55. The van der Waals surface area contributed by atoms with E-state index in [0.29, 0.717) is 0 Å². The van der Waals surface area contributed by atoms with Crippen molar-refractivity contribution in [2.75, 3.05) is 32.5 Å². The standard InChI is InChI=1S/C9H22NO2Si/c1-5-10(6-2)9-13(11-7-3)12-8-4/h5-9H2,1-4H3. The average molecular weight is 204 g/mol. The Morgan fingerprint density at radius 2 is 1.38 bits per heavy atom. The number of nitrogens with zero attached hydrogens (tertiary/aromatic N) is 1. The summed E-state index contributed by atoms with van der Waals surface area (Å²) in [5.74, 6) is 0. The van der Waals surface area contributed by atoms with Crippen LogP contribution < -0.4 is 0 Å². The Balaban J connectivity index is 3.76. The smallest absolute Gasteiger partial charge is 0.393 e. The summed E-state index contributed by atoms with van der Waals surface area (Å²) in [5, 5.41) is 0. The molecule has 0 saturated heterocycles. The first kappa shape index (κ1) is 13.1. The van der Waals surface area contributed by atoms with E-state index in [2.05, 4.69) is 18.7 Å². The second-order valence-electron chi connectivity index (χ2n) is 2.70. The van der Waals surface area contributed by atoms with E-state index >= 15 is 0 Å². The van der Waals surface area contributed by atoms with Gasteiger partial charge < -0.3 is 13.8 Å². The second-order valence-corrected chi connectivity index (χ2v) is 4.34. The highest BCUT2D eigenvalue weighted by Crippen LogP contribution is 1.95. The van der Waals surface area contributed by atoms with Crippen molar-refractivity contribution in [3.8, 4) is 0 Å². The molecule has 0 aromatic rings. The SMILES string of the molecule is CCO[Si](CN(CC)CC)OCC. The summed E-state index contributed by atoms with van der Waals surface area (Å²) >= 11 is 0. The van der Waals surface area contributed by atoms with Crippen LogP contribution in [0.1, 0.15) is 27.7 Å². The van der Waals surface area contributed by atoms with Crippen LogP contribution in [-0.2, 0) is 8.85 Å². The molecule has 0 aliphatic carbocycles. The lowest BCUT2D eigenvalue weighted by Gasteiger charge is -2.22. The predicted octanol–water partition coefficient (Wildman–Crippen LogP) is 1.43. The normalized spacial score (nSPS) is 11.5.